The Morgan fingerprint density at radius 1 is 1.14 bits per heavy atom. The number of sulfonamides is 1. The van der Waals surface area contributed by atoms with E-state index in [0.29, 0.717) is 18.8 Å². The van der Waals surface area contributed by atoms with Crippen LogP contribution in [0, 0.1) is 0 Å². The highest BCUT2D eigenvalue weighted by Gasteiger charge is 2.25. The zero-order valence-electron chi connectivity index (χ0n) is 16.1. The molecule has 1 saturated heterocycles. The predicted octanol–water partition coefficient (Wildman–Crippen LogP) is 2.02. The summed E-state index contributed by atoms with van der Waals surface area (Å²) in [5, 5.41) is 11.6. The highest BCUT2D eigenvalue weighted by molar-refractivity contribution is 7.89. The van der Waals surface area contributed by atoms with Crippen LogP contribution >= 0.6 is 12.4 Å². The number of hydrogen-bond acceptors (Lipinski definition) is 5. The topological polar surface area (TPSA) is 107 Å². The maximum atomic E-state index is 12.7. The summed E-state index contributed by atoms with van der Waals surface area (Å²) in [6.45, 7) is 2.49. The lowest BCUT2D eigenvalue weighted by molar-refractivity contribution is -0.142. The summed E-state index contributed by atoms with van der Waals surface area (Å²) in [6, 6.07) is 5.28. The van der Waals surface area contributed by atoms with Crippen molar-refractivity contribution in [3.8, 4) is 0 Å². The number of likely N-dealkylation sites (N-methyl/N-ethyl adjacent to an activating group) is 1. The van der Waals surface area contributed by atoms with Crippen LogP contribution in [0.2, 0.25) is 0 Å². The molecule has 1 unspecified atom stereocenters. The number of carboxylic acid groups (broad SMARTS) is 1. The largest absolute Gasteiger partial charge is 0.480 e. The average Bonchev–Trinajstić information content (AvgIpc) is 2.91. The molecule has 1 aliphatic heterocycles. The van der Waals surface area contributed by atoms with Gasteiger partial charge in [-0.1, -0.05) is 12.8 Å². The molecule has 1 atom stereocenters. The molecule has 28 heavy (non-hydrogen) atoms. The van der Waals surface area contributed by atoms with Gasteiger partial charge in [0.2, 0.25) is 15.9 Å². The molecule has 1 aliphatic rings. The number of nitrogens with one attached hydrogen (secondary N) is 1. The summed E-state index contributed by atoms with van der Waals surface area (Å²) < 4.78 is 27.0. The Labute approximate surface area is 172 Å². The minimum atomic E-state index is -3.52. The Bertz CT molecular complexity index is 762. The maximum Gasteiger partial charge on any atom is 0.320 e. The Hall–Kier alpha value is -1.68. The number of amides is 1. The first-order chi connectivity index (χ1) is 12.7. The monoisotopic (exact) mass is 433 g/mol. The van der Waals surface area contributed by atoms with Crippen LogP contribution in [0.4, 0.5) is 5.69 Å². The van der Waals surface area contributed by atoms with Gasteiger partial charge in [-0.15, -0.1) is 12.4 Å². The van der Waals surface area contributed by atoms with E-state index in [1.54, 1.807) is 19.2 Å². The van der Waals surface area contributed by atoms with E-state index in [9.17, 15) is 18.0 Å². The molecule has 0 saturated carbocycles. The molecule has 1 fully saturated rings. The molecule has 158 valence electrons. The Morgan fingerprint density at radius 2 is 1.68 bits per heavy atom. The molecule has 10 heteroatoms. The average molecular weight is 434 g/mol. The standard InChI is InChI=1S/C18H27N3O5S.ClH/c1-14(18(23)24)20(2)13-17(22)19-15-7-9-16(10-8-15)27(25,26)21-11-5-3-4-6-12-21;/h7-10,14H,3-6,11-13H2,1-2H3,(H,19,22)(H,23,24);1H. The molecular weight excluding hydrogens is 406 g/mol. The lowest BCUT2D eigenvalue weighted by atomic mass is 10.2. The van der Waals surface area contributed by atoms with E-state index in [1.807, 2.05) is 0 Å². The fourth-order valence-corrected chi connectivity index (χ4v) is 4.41. The van der Waals surface area contributed by atoms with Crippen molar-refractivity contribution in [2.45, 2.75) is 43.5 Å². The third-order valence-corrected chi connectivity index (χ3v) is 6.67. The number of hydrogen-bond donors (Lipinski definition) is 2. The highest BCUT2D eigenvalue weighted by Crippen LogP contribution is 2.21. The normalized spacial score (nSPS) is 16.7. The zero-order chi connectivity index (χ0) is 20.0. The van der Waals surface area contributed by atoms with E-state index in [1.165, 1.54) is 28.3 Å². The van der Waals surface area contributed by atoms with E-state index < -0.39 is 22.0 Å². The van der Waals surface area contributed by atoms with Crippen LogP contribution in [-0.2, 0) is 19.6 Å². The van der Waals surface area contributed by atoms with Gasteiger partial charge in [-0.25, -0.2) is 8.42 Å². The van der Waals surface area contributed by atoms with Crippen LogP contribution in [0.25, 0.3) is 0 Å². The number of benzene rings is 1. The Morgan fingerprint density at radius 3 is 2.18 bits per heavy atom. The van der Waals surface area contributed by atoms with Gasteiger partial charge in [0.1, 0.15) is 6.04 Å². The molecule has 0 radical (unpaired) electrons. The van der Waals surface area contributed by atoms with Crippen LogP contribution < -0.4 is 5.32 Å². The summed E-state index contributed by atoms with van der Waals surface area (Å²) >= 11 is 0. The number of carbonyl (C=O) groups excluding carboxylic acids is 1. The molecule has 0 aliphatic carbocycles. The zero-order valence-corrected chi connectivity index (χ0v) is 17.8. The van der Waals surface area contributed by atoms with Crippen LogP contribution in [0.3, 0.4) is 0 Å². The number of aliphatic carboxylic acids is 1. The number of rotatable bonds is 7. The van der Waals surface area contributed by atoms with Gasteiger partial charge < -0.3 is 10.4 Å². The van der Waals surface area contributed by atoms with Gasteiger partial charge in [-0.3, -0.25) is 14.5 Å². The number of carbonyl (C=O) groups is 2. The Kier molecular flexibility index (Phi) is 9.35. The summed E-state index contributed by atoms with van der Waals surface area (Å²) in [5.41, 5.74) is 0.464. The van der Waals surface area contributed by atoms with Crippen molar-refractivity contribution in [2.24, 2.45) is 0 Å². The van der Waals surface area contributed by atoms with Crippen LogP contribution in [-0.4, -0.2) is 67.3 Å². The van der Waals surface area contributed by atoms with Crippen LogP contribution in [0.1, 0.15) is 32.6 Å². The van der Waals surface area contributed by atoms with E-state index in [4.69, 9.17) is 5.11 Å². The van der Waals surface area contributed by atoms with E-state index >= 15 is 0 Å². The van der Waals surface area contributed by atoms with Crippen molar-refractivity contribution in [1.82, 2.24) is 9.21 Å². The fraction of sp³-hybridized carbons (Fsp3) is 0.556. The van der Waals surface area contributed by atoms with Gasteiger partial charge in [-0.05, 0) is 51.1 Å². The molecule has 8 nitrogen and oxygen atoms in total. The first-order valence-electron chi connectivity index (χ1n) is 9.05. The van der Waals surface area contributed by atoms with Gasteiger partial charge >= 0.3 is 5.97 Å². The van der Waals surface area contributed by atoms with Crippen LogP contribution in [0.5, 0.6) is 0 Å². The number of carboxylic acids is 1. The van der Waals surface area contributed by atoms with Gasteiger partial charge in [0.05, 0.1) is 11.4 Å². The molecule has 1 heterocycles. The minimum absolute atomic E-state index is 0. The second-order valence-corrected chi connectivity index (χ2v) is 8.76. The lowest BCUT2D eigenvalue weighted by Gasteiger charge is -2.21. The van der Waals surface area contributed by atoms with Crippen molar-refractivity contribution >= 4 is 40.0 Å². The fourth-order valence-electron chi connectivity index (χ4n) is 2.89. The van der Waals surface area contributed by atoms with Gasteiger partial charge in [0, 0.05) is 18.8 Å². The molecule has 0 aromatic heterocycles. The molecule has 1 aromatic carbocycles. The van der Waals surface area contributed by atoms with Crippen molar-refractivity contribution in [3.05, 3.63) is 24.3 Å². The number of anilines is 1. The molecular formula is C18H28ClN3O5S. The quantitative estimate of drug-likeness (QED) is 0.681. The highest BCUT2D eigenvalue weighted by atomic mass is 35.5. The van der Waals surface area contributed by atoms with Gasteiger partial charge in [-0.2, -0.15) is 4.31 Å². The second-order valence-electron chi connectivity index (χ2n) is 6.82. The molecule has 0 bridgehead atoms. The SMILES string of the molecule is CC(C(=O)O)N(C)CC(=O)Nc1ccc(S(=O)(=O)N2CCCCCC2)cc1.Cl. The summed E-state index contributed by atoms with van der Waals surface area (Å²) in [4.78, 5) is 24.6. The van der Waals surface area contributed by atoms with Gasteiger partial charge in [0.25, 0.3) is 0 Å². The van der Waals surface area contributed by atoms with E-state index in [-0.39, 0.29) is 29.8 Å². The Balaban J connectivity index is 0.00000392. The van der Waals surface area contributed by atoms with Crippen LogP contribution in [0.15, 0.2) is 29.2 Å². The van der Waals surface area contributed by atoms with Crippen molar-refractivity contribution in [2.75, 3.05) is 32.0 Å². The van der Waals surface area contributed by atoms with Crippen molar-refractivity contribution < 1.29 is 23.1 Å². The van der Waals surface area contributed by atoms with Crippen molar-refractivity contribution in [3.63, 3.8) is 0 Å². The molecule has 0 spiro atoms. The van der Waals surface area contributed by atoms with Gasteiger partial charge in [0.15, 0.2) is 0 Å². The van der Waals surface area contributed by atoms with E-state index in [0.717, 1.165) is 25.7 Å². The lowest BCUT2D eigenvalue weighted by Crippen LogP contribution is -2.40. The molecule has 1 amide bonds. The summed E-state index contributed by atoms with van der Waals surface area (Å²) in [7, 11) is -1.97. The number of halogens is 1. The summed E-state index contributed by atoms with van der Waals surface area (Å²) in [5.74, 6) is -1.37. The third kappa shape index (κ3) is 6.44. The minimum Gasteiger partial charge on any atom is -0.480 e. The first-order valence-corrected chi connectivity index (χ1v) is 10.5. The van der Waals surface area contributed by atoms with E-state index in [2.05, 4.69) is 5.32 Å². The predicted molar refractivity (Wildman–Crippen MR) is 109 cm³/mol. The first kappa shape index (κ1) is 24.4. The molecule has 2 rings (SSSR count). The smallest absolute Gasteiger partial charge is 0.320 e. The molecule has 1 aromatic rings. The van der Waals surface area contributed by atoms with Crippen molar-refractivity contribution in [1.29, 1.82) is 0 Å². The summed E-state index contributed by atoms with van der Waals surface area (Å²) in [6.07, 6.45) is 3.84. The number of nitrogens with zero attached hydrogens (tertiary/aromatic N) is 2. The maximum absolute atomic E-state index is 12.7. The second kappa shape index (κ2) is 10.8. The molecule has 2 N–H and O–H groups in total. The third-order valence-electron chi connectivity index (χ3n) is 4.75.